The molecule has 0 aliphatic carbocycles. The molecular weight excluding hydrogens is 122 g/mol. The van der Waals surface area contributed by atoms with Crippen molar-refractivity contribution < 1.29 is 0 Å². The Bertz CT molecular complexity index is 121. The van der Waals surface area contributed by atoms with Crippen LogP contribution in [-0.4, -0.2) is 6.04 Å². The van der Waals surface area contributed by atoms with Gasteiger partial charge in [-0.25, -0.2) is 0 Å². The highest BCUT2D eigenvalue weighted by Crippen LogP contribution is 2.01. The first-order chi connectivity index (χ1) is 4.81. The molecule has 0 aliphatic rings. The summed E-state index contributed by atoms with van der Waals surface area (Å²) in [7, 11) is 0. The maximum absolute atomic E-state index is 5.69. The van der Waals surface area contributed by atoms with Gasteiger partial charge in [0.25, 0.3) is 0 Å². The van der Waals surface area contributed by atoms with Gasteiger partial charge in [-0.3, -0.25) is 0 Å². The lowest BCUT2D eigenvalue weighted by Crippen LogP contribution is -2.18. The maximum atomic E-state index is 5.69. The maximum Gasteiger partial charge on any atom is 0.00866 e. The van der Waals surface area contributed by atoms with Crippen LogP contribution >= 0.6 is 0 Å². The zero-order valence-electron chi connectivity index (χ0n) is 6.34. The Balaban J connectivity index is 3.14. The molecule has 1 unspecified atom stereocenters. The molecule has 10 heavy (non-hydrogen) atoms. The van der Waals surface area contributed by atoms with Crippen LogP contribution in [0.4, 0.5) is 0 Å². The largest absolute Gasteiger partial charge is 0.327 e. The van der Waals surface area contributed by atoms with Gasteiger partial charge in [0.2, 0.25) is 0 Å². The number of terminal acetylenes is 1. The molecule has 0 aromatic rings. The molecule has 0 radical (unpaired) electrons. The second-order valence-corrected chi connectivity index (χ2v) is 2.38. The van der Waals surface area contributed by atoms with Crippen molar-refractivity contribution in [3.8, 4) is 12.3 Å². The predicted molar refractivity (Wildman–Crippen MR) is 45.5 cm³/mol. The van der Waals surface area contributed by atoms with E-state index in [4.69, 9.17) is 12.2 Å². The van der Waals surface area contributed by atoms with E-state index in [1.54, 1.807) is 0 Å². The van der Waals surface area contributed by atoms with Crippen LogP contribution < -0.4 is 5.73 Å². The fourth-order valence-electron chi connectivity index (χ4n) is 0.798. The van der Waals surface area contributed by atoms with E-state index in [2.05, 4.69) is 12.5 Å². The van der Waals surface area contributed by atoms with Gasteiger partial charge in [0.1, 0.15) is 0 Å². The number of rotatable bonds is 5. The molecule has 0 aliphatic heterocycles. The van der Waals surface area contributed by atoms with Crippen LogP contribution in [0.25, 0.3) is 0 Å². The van der Waals surface area contributed by atoms with Gasteiger partial charge < -0.3 is 5.73 Å². The first-order valence-corrected chi connectivity index (χ1v) is 3.61. The van der Waals surface area contributed by atoms with Crippen molar-refractivity contribution in [1.82, 2.24) is 0 Å². The van der Waals surface area contributed by atoms with Gasteiger partial charge in [0, 0.05) is 12.5 Å². The average molecular weight is 137 g/mol. The third kappa shape index (κ3) is 5.40. The van der Waals surface area contributed by atoms with Gasteiger partial charge in [-0.15, -0.1) is 18.9 Å². The van der Waals surface area contributed by atoms with Crippen LogP contribution in [0.5, 0.6) is 0 Å². The quantitative estimate of drug-likeness (QED) is 0.348. The Labute approximate surface area is 63.3 Å². The number of hydrogen-bond donors (Lipinski definition) is 1. The molecule has 0 saturated heterocycles. The second-order valence-electron chi connectivity index (χ2n) is 2.38. The summed E-state index contributed by atoms with van der Waals surface area (Å²) < 4.78 is 0. The zero-order valence-corrected chi connectivity index (χ0v) is 6.34. The molecule has 2 N–H and O–H groups in total. The van der Waals surface area contributed by atoms with Gasteiger partial charge >= 0.3 is 0 Å². The summed E-state index contributed by atoms with van der Waals surface area (Å²) in [5, 5.41) is 0. The normalized spacial score (nSPS) is 12.0. The molecule has 0 fully saturated rings. The Kier molecular flexibility index (Phi) is 5.91. The van der Waals surface area contributed by atoms with Crippen LogP contribution in [-0.2, 0) is 0 Å². The molecule has 0 heterocycles. The predicted octanol–water partition coefficient (Wildman–Crippen LogP) is 1.69. The average Bonchev–Trinajstić information content (AvgIpc) is 1.89. The topological polar surface area (TPSA) is 26.0 Å². The Hall–Kier alpha value is -0.740. The van der Waals surface area contributed by atoms with E-state index in [1.165, 1.54) is 0 Å². The van der Waals surface area contributed by atoms with Gasteiger partial charge in [0.15, 0.2) is 0 Å². The van der Waals surface area contributed by atoms with Crippen molar-refractivity contribution in [3.05, 3.63) is 12.7 Å². The number of nitrogens with two attached hydrogens (primary N) is 1. The van der Waals surface area contributed by atoms with Crippen LogP contribution in [0.3, 0.4) is 0 Å². The van der Waals surface area contributed by atoms with Gasteiger partial charge in [-0.1, -0.05) is 6.08 Å². The smallest absolute Gasteiger partial charge is 0.00866 e. The minimum atomic E-state index is 0.255. The van der Waals surface area contributed by atoms with Gasteiger partial charge in [0.05, 0.1) is 0 Å². The van der Waals surface area contributed by atoms with E-state index in [1.807, 2.05) is 6.08 Å². The standard InChI is InChI=1S/C9H15N/c1-3-5-6-8-9(10)7-4-2/h1,4,9H,2,5-8,10H2. The van der Waals surface area contributed by atoms with E-state index in [0.717, 1.165) is 25.7 Å². The molecule has 1 atom stereocenters. The Morgan fingerprint density at radius 3 is 2.90 bits per heavy atom. The van der Waals surface area contributed by atoms with Crippen LogP contribution in [0.1, 0.15) is 25.7 Å². The van der Waals surface area contributed by atoms with E-state index in [0.29, 0.717) is 0 Å². The van der Waals surface area contributed by atoms with E-state index >= 15 is 0 Å². The van der Waals surface area contributed by atoms with Gasteiger partial charge in [-0.05, 0) is 19.3 Å². The molecule has 0 saturated carbocycles. The lowest BCUT2D eigenvalue weighted by Gasteiger charge is -2.05. The van der Waals surface area contributed by atoms with Crippen molar-refractivity contribution in [3.63, 3.8) is 0 Å². The molecule has 0 bridgehead atoms. The number of hydrogen-bond acceptors (Lipinski definition) is 1. The van der Waals surface area contributed by atoms with Crippen molar-refractivity contribution in [2.45, 2.75) is 31.7 Å². The third-order valence-corrected chi connectivity index (χ3v) is 1.37. The van der Waals surface area contributed by atoms with Crippen LogP contribution in [0, 0.1) is 12.3 Å². The molecule has 0 aromatic heterocycles. The van der Waals surface area contributed by atoms with Crippen molar-refractivity contribution in [1.29, 1.82) is 0 Å². The lowest BCUT2D eigenvalue weighted by molar-refractivity contribution is 0.596. The summed E-state index contributed by atoms with van der Waals surface area (Å²) in [6.45, 7) is 3.61. The molecule has 0 rings (SSSR count). The summed E-state index contributed by atoms with van der Waals surface area (Å²) in [5.74, 6) is 2.58. The summed E-state index contributed by atoms with van der Waals surface area (Å²) in [6.07, 6.45) is 10.7. The highest BCUT2D eigenvalue weighted by Gasteiger charge is 1.96. The monoisotopic (exact) mass is 137 g/mol. The van der Waals surface area contributed by atoms with Crippen LogP contribution in [0.15, 0.2) is 12.7 Å². The molecular formula is C9H15N. The molecule has 0 spiro atoms. The Morgan fingerprint density at radius 1 is 1.70 bits per heavy atom. The first-order valence-electron chi connectivity index (χ1n) is 3.61. The molecule has 1 nitrogen and oxygen atoms in total. The highest BCUT2D eigenvalue weighted by atomic mass is 14.6. The highest BCUT2D eigenvalue weighted by molar-refractivity contribution is 4.84. The zero-order chi connectivity index (χ0) is 7.82. The summed E-state index contributed by atoms with van der Waals surface area (Å²) in [6, 6.07) is 0.255. The number of unbranched alkanes of at least 4 members (excludes halogenated alkanes) is 1. The molecule has 56 valence electrons. The summed E-state index contributed by atoms with van der Waals surface area (Å²) in [4.78, 5) is 0. The fraction of sp³-hybridized carbons (Fsp3) is 0.556. The molecule has 0 amide bonds. The van der Waals surface area contributed by atoms with E-state index < -0.39 is 0 Å². The fourth-order valence-corrected chi connectivity index (χ4v) is 0.798. The third-order valence-electron chi connectivity index (χ3n) is 1.37. The lowest BCUT2D eigenvalue weighted by atomic mass is 10.1. The Morgan fingerprint density at radius 2 is 2.40 bits per heavy atom. The van der Waals surface area contributed by atoms with Crippen molar-refractivity contribution in [2.24, 2.45) is 5.73 Å². The van der Waals surface area contributed by atoms with E-state index in [-0.39, 0.29) is 6.04 Å². The molecule has 1 heteroatoms. The SMILES string of the molecule is C#CCCCC(N)CC=C. The summed E-state index contributed by atoms with van der Waals surface area (Å²) >= 11 is 0. The van der Waals surface area contributed by atoms with Gasteiger partial charge in [-0.2, -0.15) is 0 Å². The van der Waals surface area contributed by atoms with Crippen molar-refractivity contribution >= 4 is 0 Å². The van der Waals surface area contributed by atoms with Crippen molar-refractivity contribution in [2.75, 3.05) is 0 Å². The van der Waals surface area contributed by atoms with Crippen LogP contribution in [0.2, 0.25) is 0 Å². The molecule has 0 aromatic carbocycles. The minimum absolute atomic E-state index is 0.255. The second kappa shape index (κ2) is 6.38. The van der Waals surface area contributed by atoms with E-state index in [9.17, 15) is 0 Å². The minimum Gasteiger partial charge on any atom is -0.327 e. The first kappa shape index (κ1) is 9.26. The summed E-state index contributed by atoms with van der Waals surface area (Å²) in [5.41, 5.74) is 5.69.